The number of benzene rings is 5. The molecule has 5 aromatic rings. The van der Waals surface area contributed by atoms with Gasteiger partial charge in [-0.25, -0.2) is 12.6 Å². The van der Waals surface area contributed by atoms with Crippen LogP contribution in [0.25, 0.3) is 0 Å². The molecule has 0 aromatic heterocycles. The molecule has 1 aliphatic heterocycles. The van der Waals surface area contributed by atoms with Crippen molar-refractivity contribution in [2.24, 2.45) is 0 Å². The summed E-state index contributed by atoms with van der Waals surface area (Å²) in [5, 5.41) is 2.08. The lowest BCUT2D eigenvalue weighted by Crippen LogP contribution is -2.66. The summed E-state index contributed by atoms with van der Waals surface area (Å²) >= 11 is 0. The fraction of sp³-hybridized carbons (Fsp3) is 0.158. The van der Waals surface area contributed by atoms with Crippen molar-refractivity contribution < 1.29 is 26.9 Å². The highest BCUT2D eigenvalue weighted by molar-refractivity contribution is 7.94. The zero-order chi connectivity index (χ0) is 33.8. The van der Waals surface area contributed by atoms with Gasteiger partial charge in [-0.1, -0.05) is 118 Å². The van der Waals surface area contributed by atoms with Crippen LogP contribution in [-0.2, 0) is 14.4 Å². The first kappa shape index (κ1) is 33.0. The summed E-state index contributed by atoms with van der Waals surface area (Å²) in [6.07, 6.45) is 0. The van der Waals surface area contributed by atoms with E-state index in [1.165, 1.54) is 19.2 Å². The Morgan fingerprint density at radius 1 is 0.729 bits per heavy atom. The van der Waals surface area contributed by atoms with Crippen LogP contribution in [-0.4, -0.2) is 37.7 Å². The molecule has 10 heteroatoms. The number of methoxy groups -OCH3 is 1. The van der Waals surface area contributed by atoms with E-state index in [0.29, 0.717) is 28.5 Å². The zero-order valence-electron chi connectivity index (χ0n) is 27.3. The van der Waals surface area contributed by atoms with E-state index in [-0.39, 0.29) is 16.5 Å². The Bertz CT molecular complexity index is 1980. The second kappa shape index (κ2) is 13.7. The molecule has 0 amide bonds. The monoisotopic (exact) mass is 673 g/mol. The molecule has 1 heterocycles. The average molecular weight is 674 g/mol. The third kappa shape index (κ3) is 6.32. The highest BCUT2D eigenvalue weighted by Gasteiger charge is 2.50. The fourth-order valence-corrected chi connectivity index (χ4v) is 11.9. The van der Waals surface area contributed by atoms with E-state index in [0.717, 1.165) is 14.6 Å². The molecule has 48 heavy (non-hydrogen) atoms. The number of hydrogen-bond donors (Lipinski definition) is 0. The van der Waals surface area contributed by atoms with Crippen molar-refractivity contribution in [3.63, 3.8) is 0 Å². The third-order valence-corrected chi connectivity index (χ3v) is 15.0. The van der Waals surface area contributed by atoms with Gasteiger partial charge < -0.3 is 18.5 Å². The molecule has 0 unspecified atom stereocenters. The molecule has 242 valence electrons. The summed E-state index contributed by atoms with van der Waals surface area (Å²) in [6.45, 7) is 6.77. The number of fused-ring (bicyclic) bond motifs is 1. The van der Waals surface area contributed by atoms with E-state index < -0.39 is 25.6 Å². The Morgan fingerprint density at radius 2 is 1.25 bits per heavy atom. The van der Waals surface area contributed by atoms with E-state index >= 15 is 0 Å². The molecule has 0 saturated heterocycles. The van der Waals surface area contributed by atoms with Crippen molar-refractivity contribution in [3.05, 3.63) is 139 Å². The van der Waals surface area contributed by atoms with Gasteiger partial charge in [0, 0.05) is 5.56 Å². The molecule has 0 aliphatic carbocycles. The number of hydrogen-bond acceptors (Lipinski definition) is 6. The molecular weight excluding hydrogens is 637 g/mol. The van der Waals surface area contributed by atoms with E-state index in [2.05, 4.69) is 56.9 Å². The maximum Gasteiger partial charge on any atom is 0.753 e. The molecule has 0 atom stereocenters. The lowest BCUT2D eigenvalue weighted by atomic mass is 10.1. The van der Waals surface area contributed by atoms with Crippen molar-refractivity contribution in [2.75, 3.05) is 17.9 Å². The minimum Gasteiger partial charge on any atom is -0.503 e. The van der Waals surface area contributed by atoms with Crippen molar-refractivity contribution in [2.45, 2.75) is 30.7 Å². The van der Waals surface area contributed by atoms with Crippen LogP contribution in [0.5, 0.6) is 17.2 Å². The molecule has 0 fully saturated rings. The van der Waals surface area contributed by atoms with Crippen LogP contribution in [0.1, 0.15) is 26.3 Å². The summed E-state index contributed by atoms with van der Waals surface area (Å²) in [5.41, 5.74) is 0.785. The molecule has 0 bridgehead atoms. The van der Waals surface area contributed by atoms with Gasteiger partial charge in [-0.3, -0.25) is 0 Å². The van der Waals surface area contributed by atoms with Gasteiger partial charge in [-0.15, -0.1) is 0 Å². The Kier molecular flexibility index (Phi) is 9.38. The number of para-hydroxylation sites is 3. The third-order valence-electron chi connectivity index (χ3n) is 8.25. The van der Waals surface area contributed by atoms with Gasteiger partial charge in [0.2, 0.25) is 0 Å². The van der Waals surface area contributed by atoms with E-state index in [9.17, 15) is 8.42 Å². The molecule has 0 radical (unpaired) electrons. The van der Waals surface area contributed by atoms with Crippen LogP contribution in [0.3, 0.4) is 0 Å². The van der Waals surface area contributed by atoms with Crippen LogP contribution in [0.4, 0.5) is 5.69 Å². The Balaban J connectivity index is 1.39. The predicted molar refractivity (Wildman–Crippen MR) is 193 cm³/mol. The number of ether oxygens (including phenoxy) is 1. The van der Waals surface area contributed by atoms with Crippen molar-refractivity contribution in [1.29, 1.82) is 0 Å². The van der Waals surface area contributed by atoms with Gasteiger partial charge in [-0.2, -0.15) is 0 Å². The number of rotatable bonds is 9. The van der Waals surface area contributed by atoms with Crippen LogP contribution in [0, 0.1) is 11.8 Å². The molecule has 0 spiro atoms. The molecule has 0 N–H and O–H groups in total. The topological polar surface area (TPSA) is 74.3 Å². The number of nitrogens with zero attached hydrogens (tertiary/aromatic N) is 1. The quantitative estimate of drug-likeness (QED) is 0.136. The molecular formula is C38H36BNO6SSi. The summed E-state index contributed by atoms with van der Waals surface area (Å²) in [4.78, 5) is 0.0456. The summed E-state index contributed by atoms with van der Waals surface area (Å²) in [6, 6.07) is 41.1. The summed E-state index contributed by atoms with van der Waals surface area (Å²) in [7, 11) is -6.81. The Labute approximate surface area is 284 Å². The molecule has 1 aliphatic rings. The smallest absolute Gasteiger partial charge is 0.503 e. The standard InChI is InChI=1S/C38H36BNO6SSi/c1-38(2,3)48(33-18-7-5-8-19-33,34-20-9-6-10-21-34)44-29-15-17-30-16-11-12-22-35(30)40(39-45-36-23-13-14-24-37(36)46-39)47(41,42)32-27-25-31(43-4)26-28-32/h5-14,16,18-28H,29H2,1-4H3. The fourth-order valence-electron chi connectivity index (χ4n) is 6.01. The molecule has 6 rings (SSSR count). The van der Waals surface area contributed by atoms with Crippen molar-refractivity contribution in [1.82, 2.24) is 0 Å². The maximum absolute atomic E-state index is 14.4. The first-order valence-electron chi connectivity index (χ1n) is 15.6. The maximum atomic E-state index is 14.4. The predicted octanol–water partition coefficient (Wildman–Crippen LogP) is 6.27. The average Bonchev–Trinajstić information content (AvgIpc) is 3.52. The van der Waals surface area contributed by atoms with Gasteiger partial charge in [0.1, 0.15) is 17.2 Å². The van der Waals surface area contributed by atoms with Gasteiger partial charge in [0.05, 0.1) is 24.3 Å². The zero-order valence-corrected chi connectivity index (χ0v) is 29.1. The molecule has 0 saturated carbocycles. The van der Waals surface area contributed by atoms with E-state index in [1.807, 2.05) is 42.5 Å². The van der Waals surface area contributed by atoms with Crippen LogP contribution in [0.2, 0.25) is 5.04 Å². The van der Waals surface area contributed by atoms with Crippen LogP contribution in [0.15, 0.2) is 138 Å². The normalized spacial score (nSPS) is 12.6. The lowest BCUT2D eigenvalue weighted by Gasteiger charge is -2.42. The largest absolute Gasteiger partial charge is 0.753 e. The number of sulfonamides is 1. The van der Waals surface area contributed by atoms with Gasteiger partial charge in [0.15, 0.2) is 0 Å². The second-order valence-corrected chi connectivity index (χ2v) is 18.4. The number of anilines is 1. The van der Waals surface area contributed by atoms with Gasteiger partial charge >= 0.3 is 7.25 Å². The second-order valence-electron chi connectivity index (χ2n) is 12.2. The van der Waals surface area contributed by atoms with Crippen LogP contribution >= 0.6 is 0 Å². The highest BCUT2D eigenvalue weighted by Crippen LogP contribution is 2.38. The van der Waals surface area contributed by atoms with Crippen molar-refractivity contribution >= 4 is 41.7 Å². The van der Waals surface area contributed by atoms with Crippen LogP contribution < -0.4 is 28.6 Å². The summed E-state index contributed by atoms with van der Waals surface area (Å²) < 4.78 is 54.2. The minimum absolute atomic E-state index is 0.0456. The van der Waals surface area contributed by atoms with E-state index in [4.69, 9.17) is 18.5 Å². The highest BCUT2D eigenvalue weighted by atomic mass is 32.2. The van der Waals surface area contributed by atoms with E-state index in [1.54, 1.807) is 54.6 Å². The summed E-state index contributed by atoms with van der Waals surface area (Å²) in [5.74, 6) is 7.86. The van der Waals surface area contributed by atoms with Crippen molar-refractivity contribution in [3.8, 4) is 29.1 Å². The molecule has 5 aromatic carbocycles. The Morgan fingerprint density at radius 3 is 1.79 bits per heavy atom. The molecule has 7 nitrogen and oxygen atoms in total. The lowest BCUT2D eigenvalue weighted by molar-refractivity contribution is 0.346. The van der Waals surface area contributed by atoms with Gasteiger partial charge in [0.25, 0.3) is 18.3 Å². The first-order chi connectivity index (χ1) is 23.1. The van der Waals surface area contributed by atoms with Gasteiger partial charge in [-0.05, 0) is 63.9 Å². The SMILES string of the molecule is COc1ccc(S(=O)(=O)N(B2Oc3ccccc3O2)c2ccccc2C#CCO[Si](c2ccccc2)(c2ccccc2)C(C)(C)C)cc1. The first-order valence-corrected chi connectivity index (χ1v) is 18.9. The Hall–Kier alpha value is -4.95. The minimum atomic E-state index is -4.21.